The third-order valence-electron chi connectivity index (χ3n) is 16.0. The van der Waals surface area contributed by atoms with E-state index in [1.165, 1.54) is 295 Å². The zero-order valence-corrected chi connectivity index (χ0v) is 50.8. The molecule has 0 saturated heterocycles. The Morgan fingerprint density at radius 3 is 1.03 bits per heavy atom. The number of hydrogen-bond donors (Lipinski definition) is 3. The number of aliphatic hydroxyl groups is 2. The van der Waals surface area contributed by atoms with Gasteiger partial charge < -0.3 is 20.3 Å². The Labute approximate surface area is 469 Å². The van der Waals surface area contributed by atoms with Gasteiger partial charge in [0, 0.05) is 12.8 Å². The number of unbranched alkanes of at least 4 members (excludes halogenated alkanes) is 49. The first-order valence-corrected chi connectivity index (χ1v) is 34.1. The summed E-state index contributed by atoms with van der Waals surface area (Å²) in [7, 11) is 0. The molecular formula is C69H133NO5. The van der Waals surface area contributed by atoms with E-state index in [1.54, 1.807) is 0 Å². The van der Waals surface area contributed by atoms with Crippen molar-refractivity contribution in [1.29, 1.82) is 0 Å². The van der Waals surface area contributed by atoms with Crippen molar-refractivity contribution in [3.8, 4) is 0 Å². The summed E-state index contributed by atoms with van der Waals surface area (Å²) in [6.45, 7) is 4.93. The number of nitrogens with one attached hydrogen (secondary N) is 1. The summed E-state index contributed by atoms with van der Waals surface area (Å²) < 4.78 is 5.49. The van der Waals surface area contributed by atoms with Gasteiger partial charge in [-0.05, 0) is 57.8 Å². The largest absolute Gasteiger partial charge is 0.466 e. The van der Waals surface area contributed by atoms with Crippen LogP contribution in [0.5, 0.6) is 0 Å². The van der Waals surface area contributed by atoms with Gasteiger partial charge in [-0.15, -0.1) is 0 Å². The van der Waals surface area contributed by atoms with Crippen LogP contribution in [0.25, 0.3) is 0 Å². The van der Waals surface area contributed by atoms with Gasteiger partial charge >= 0.3 is 5.97 Å². The van der Waals surface area contributed by atoms with E-state index in [2.05, 4.69) is 43.5 Å². The summed E-state index contributed by atoms with van der Waals surface area (Å²) in [6, 6.07) is -0.535. The highest BCUT2D eigenvalue weighted by Gasteiger charge is 2.20. The van der Waals surface area contributed by atoms with Crippen molar-refractivity contribution < 1.29 is 24.5 Å². The van der Waals surface area contributed by atoms with Crippen LogP contribution in [0.15, 0.2) is 24.3 Å². The third-order valence-corrected chi connectivity index (χ3v) is 16.0. The summed E-state index contributed by atoms with van der Waals surface area (Å²) in [5.41, 5.74) is 0. The fraction of sp³-hybridized carbons (Fsp3) is 0.913. The zero-order valence-electron chi connectivity index (χ0n) is 50.8. The Bertz CT molecular complexity index is 1170. The minimum Gasteiger partial charge on any atom is -0.466 e. The molecule has 2 unspecified atom stereocenters. The molecule has 75 heavy (non-hydrogen) atoms. The van der Waals surface area contributed by atoms with E-state index in [1.807, 2.05) is 0 Å². The van der Waals surface area contributed by atoms with Crippen LogP contribution in [0.1, 0.15) is 380 Å². The highest BCUT2D eigenvalue weighted by Crippen LogP contribution is 2.19. The molecule has 0 rings (SSSR count). The lowest BCUT2D eigenvalue weighted by molar-refractivity contribution is -0.143. The van der Waals surface area contributed by atoms with Gasteiger partial charge in [0.25, 0.3) is 0 Å². The van der Waals surface area contributed by atoms with Gasteiger partial charge in [-0.1, -0.05) is 334 Å². The molecule has 0 spiro atoms. The molecule has 1 amide bonds. The maximum absolute atomic E-state index is 12.4. The molecule has 0 aromatic carbocycles. The molecule has 2 atom stereocenters. The number of hydrogen-bond acceptors (Lipinski definition) is 5. The monoisotopic (exact) mass is 1060 g/mol. The smallest absolute Gasteiger partial charge is 0.305 e. The summed E-state index contributed by atoms with van der Waals surface area (Å²) in [5, 5.41) is 23.1. The van der Waals surface area contributed by atoms with E-state index in [9.17, 15) is 19.8 Å². The molecule has 0 heterocycles. The molecule has 0 saturated carbocycles. The number of carbonyl (C=O) groups excluding carboxylic acids is 2. The molecule has 0 aromatic rings. The van der Waals surface area contributed by atoms with Crippen molar-refractivity contribution in [3.63, 3.8) is 0 Å². The predicted molar refractivity (Wildman–Crippen MR) is 329 cm³/mol. The van der Waals surface area contributed by atoms with E-state index in [0.29, 0.717) is 25.9 Å². The molecule has 0 radical (unpaired) electrons. The van der Waals surface area contributed by atoms with Crippen molar-refractivity contribution in [1.82, 2.24) is 5.32 Å². The average molecular weight is 1060 g/mol. The molecule has 0 aliphatic heterocycles. The van der Waals surface area contributed by atoms with Crippen molar-refractivity contribution in [3.05, 3.63) is 24.3 Å². The van der Waals surface area contributed by atoms with Crippen molar-refractivity contribution >= 4 is 11.9 Å². The lowest BCUT2D eigenvalue weighted by atomic mass is 10.0. The van der Waals surface area contributed by atoms with Gasteiger partial charge in [-0.3, -0.25) is 9.59 Å². The van der Waals surface area contributed by atoms with Crippen LogP contribution in [-0.4, -0.2) is 47.4 Å². The normalized spacial score (nSPS) is 12.6. The van der Waals surface area contributed by atoms with Gasteiger partial charge in [0.05, 0.1) is 25.4 Å². The first-order valence-electron chi connectivity index (χ1n) is 34.1. The minimum atomic E-state index is -0.658. The molecular weight excluding hydrogens is 923 g/mol. The second-order valence-corrected chi connectivity index (χ2v) is 23.5. The fourth-order valence-corrected chi connectivity index (χ4v) is 10.8. The Morgan fingerprint density at radius 1 is 0.373 bits per heavy atom. The second-order valence-electron chi connectivity index (χ2n) is 23.5. The average Bonchev–Trinajstić information content (AvgIpc) is 3.41. The maximum atomic E-state index is 12.4. The van der Waals surface area contributed by atoms with Gasteiger partial charge in [0.2, 0.25) is 5.91 Å². The number of carbonyl (C=O) groups is 2. The van der Waals surface area contributed by atoms with Crippen LogP contribution in [0.4, 0.5) is 0 Å². The number of esters is 1. The molecule has 6 heteroatoms. The fourth-order valence-electron chi connectivity index (χ4n) is 10.8. The Kier molecular flexibility index (Phi) is 63.4. The first-order chi connectivity index (χ1) is 37.0. The number of aliphatic hydroxyl groups excluding tert-OH is 2. The van der Waals surface area contributed by atoms with Crippen molar-refractivity contribution in [2.24, 2.45) is 0 Å². The highest BCUT2D eigenvalue weighted by molar-refractivity contribution is 5.76. The molecule has 6 nitrogen and oxygen atoms in total. The topological polar surface area (TPSA) is 95.9 Å². The first kappa shape index (κ1) is 73.3. The van der Waals surface area contributed by atoms with Crippen LogP contribution in [0, 0.1) is 0 Å². The Morgan fingerprint density at radius 2 is 0.667 bits per heavy atom. The molecule has 444 valence electrons. The highest BCUT2D eigenvalue weighted by atomic mass is 16.5. The SMILES string of the molecule is CCCCCC/C=C\C/C=C\CCCCCCCC(=O)OCCCCCCCCCCCCCCCCCCCCCCCCCCCCCCCCCCCC(=O)NC(CO)C(O)CCCCCCCCCCC. The summed E-state index contributed by atoms with van der Waals surface area (Å²) in [5.74, 6) is -0.0225. The molecule has 0 aliphatic rings. The van der Waals surface area contributed by atoms with Crippen LogP contribution in [-0.2, 0) is 14.3 Å². The predicted octanol–water partition coefficient (Wildman–Crippen LogP) is 21.8. The van der Waals surface area contributed by atoms with Gasteiger partial charge in [0.1, 0.15) is 0 Å². The van der Waals surface area contributed by atoms with Crippen molar-refractivity contribution in [2.45, 2.75) is 392 Å². The van der Waals surface area contributed by atoms with Crippen LogP contribution < -0.4 is 5.32 Å². The second kappa shape index (κ2) is 64.9. The lowest BCUT2D eigenvalue weighted by Gasteiger charge is -2.22. The van der Waals surface area contributed by atoms with E-state index >= 15 is 0 Å². The van der Waals surface area contributed by atoms with E-state index in [4.69, 9.17) is 4.74 Å². The molecule has 0 aliphatic carbocycles. The standard InChI is InChI=1S/C69H133NO5/c1-3-5-7-9-11-13-14-15-16-37-40-43-47-51-55-59-63-69(74)75-64-60-56-52-48-44-41-38-35-33-31-29-27-25-23-21-19-17-18-20-22-24-26-28-30-32-34-36-39-42-46-50-54-58-62-68(73)70-66(65-71)67(72)61-57-53-49-45-12-10-8-6-4-2/h13-14,16,37,66-67,71-72H,3-12,15,17-36,38-65H2,1-2H3,(H,70,73)/b14-13-,37-16-. The number of amides is 1. The zero-order chi connectivity index (χ0) is 54.3. The molecule has 0 bridgehead atoms. The molecule has 0 fully saturated rings. The lowest BCUT2D eigenvalue weighted by Crippen LogP contribution is -2.45. The molecule has 3 N–H and O–H groups in total. The molecule has 0 aromatic heterocycles. The summed E-state index contributed by atoms with van der Waals surface area (Å²) >= 11 is 0. The summed E-state index contributed by atoms with van der Waals surface area (Å²) in [6.07, 6.45) is 81.0. The third kappa shape index (κ3) is 61.4. The Balaban J connectivity index is 3.28. The van der Waals surface area contributed by atoms with Crippen LogP contribution >= 0.6 is 0 Å². The quantitative estimate of drug-likeness (QED) is 0.0320. The van der Waals surface area contributed by atoms with Gasteiger partial charge in [-0.25, -0.2) is 0 Å². The van der Waals surface area contributed by atoms with E-state index in [-0.39, 0.29) is 18.5 Å². The number of allylic oxidation sites excluding steroid dienone is 4. The van der Waals surface area contributed by atoms with Crippen LogP contribution in [0.3, 0.4) is 0 Å². The van der Waals surface area contributed by atoms with E-state index in [0.717, 1.165) is 51.4 Å². The maximum Gasteiger partial charge on any atom is 0.305 e. The number of rotatable bonds is 64. The Hall–Kier alpha value is -1.66. The van der Waals surface area contributed by atoms with Gasteiger partial charge in [-0.2, -0.15) is 0 Å². The van der Waals surface area contributed by atoms with Crippen LogP contribution in [0.2, 0.25) is 0 Å². The number of ether oxygens (including phenoxy) is 1. The van der Waals surface area contributed by atoms with Crippen molar-refractivity contribution in [2.75, 3.05) is 13.2 Å². The van der Waals surface area contributed by atoms with E-state index < -0.39 is 12.1 Å². The summed E-state index contributed by atoms with van der Waals surface area (Å²) in [4.78, 5) is 24.5. The van der Waals surface area contributed by atoms with Gasteiger partial charge in [0.15, 0.2) is 0 Å². The minimum absolute atomic E-state index is 0.00853.